The summed E-state index contributed by atoms with van der Waals surface area (Å²) in [7, 11) is 0. The third-order valence-corrected chi connectivity index (χ3v) is 6.14. The standard InChI is InChI=1S/C18H23ClN2O2S/c1-12(2)20(17(23)13-7-8-13)9-10-21-16(22)11-24-18(21)14-5-3-4-6-15(14)19/h3-6,12-13,18H,7-11H2,1-2H3. The summed E-state index contributed by atoms with van der Waals surface area (Å²) in [5.74, 6) is 1.02. The van der Waals surface area contributed by atoms with Crippen LogP contribution in [0.25, 0.3) is 0 Å². The zero-order valence-electron chi connectivity index (χ0n) is 14.1. The van der Waals surface area contributed by atoms with Crippen LogP contribution >= 0.6 is 23.4 Å². The lowest BCUT2D eigenvalue weighted by Gasteiger charge is -2.31. The predicted octanol–water partition coefficient (Wildman–Crippen LogP) is 3.56. The van der Waals surface area contributed by atoms with E-state index in [4.69, 9.17) is 11.6 Å². The molecule has 1 aromatic rings. The van der Waals surface area contributed by atoms with Crippen LogP contribution in [-0.2, 0) is 9.59 Å². The van der Waals surface area contributed by atoms with Crippen molar-refractivity contribution in [2.75, 3.05) is 18.8 Å². The Bertz CT molecular complexity index is 633. The second kappa shape index (κ2) is 7.36. The van der Waals surface area contributed by atoms with Gasteiger partial charge in [-0.25, -0.2) is 0 Å². The minimum atomic E-state index is -0.0590. The first-order valence-electron chi connectivity index (χ1n) is 8.45. The van der Waals surface area contributed by atoms with Crippen molar-refractivity contribution in [1.82, 2.24) is 9.80 Å². The van der Waals surface area contributed by atoms with Crippen LogP contribution in [-0.4, -0.2) is 46.5 Å². The van der Waals surface area contributed by atoms with Gasteiger partial charge in [-0.15, -0.1) is 11.8 Å². The molecule has 24 heavy (non-hydrogen) atoms. The largest absolute Gasteiger partial charge is 0.338 e. The highest BCUT2D eigenvalue weighted by Crippen LogP contribution is 2.41. The smallest absolute Gasteiger partial charge is 0.233 e. The molecule has 0 radical (unpaired) electrons. The maximum Gasteiger partial charge on any atom is 0.233 e. The van der Waals surface area contributed by atoms with Gasteiger partial charge in [0.2, 0.25) is 11.8 Å². The van der Waals surface area contributed by atoms with Crippen molar-refractivity contribution in [1.29, 1.82) is 0 Å². The number of nitrogens with zero attached hydrogens (tertiary/aromatic N) is 2. The first-order chi connectivity index (χ1) is 11.5. The lowest BCUT2D eigenvalue weighted by atomic mass is 10.2. The Morgan fingerprint density at radius 2 is 2.08 bits per heavy atom. The Balaban J connectivity index is 1.70. The number of amides is 2. The number of hydrogen-bond acceptors (Lipinski definition) is 3. The van der Waals surface area contributed by atoms with Gasteiger partial charge in [0, 0.05) is 35.6 Å². The van der Waals surface area contributed by atoms with E-state index >= 15 is 0 Å². The number of carbonyl (C=O) groups excluding carboxylic acids is 2. The van der Waals surface area contributed by atoms with E-state index in [0.717, 1.165) is 18.4 Å². The van der Waals surface area contributed by atoms with E-state index < -0.39 is 0 Å². The highest BCUT2D eigenvalue weighted by molar-refractivity contribution is 8.00. The average molecular weight is 367 g/mol. The second-order valence-corrected chi connectivity index (χ2v) is 8.15. The fourth-order valence-electron chi connectivity index (χ4n) is 3.03. The molecule has 0 bridgehead atoms. The van der Waals surface area contributed by atoms with Gasteiger partial charge in [-0.05, 0) is 32.8 Å². The highest BCUT2D eigenvalue weighted by atomic mass is 35.5. The van der Waals surface area contributed by atoms with E-state index in [1.54, 1.807) is 11.8 Å². The van der Waals surface area contributed by atoms with E-state index in [1.807, 2.05) is 47.9 Å². The molecule has 1 saturated heterocycles. The van der Waals surface area contributed by atoms with Gasteiger partial charge in [0.25, 0.3) is 0 Å². The number of rotatable bonds is 6. The maximum atomic E-state index is 12.4. The zero-order valence-corrected chi connectivity index (χ0v) is 15.6. The fraction of sp³-hybridized carbons (Fsp3) is 0.556. The first kappa shape index (κ1) is 17.6. The summed E-state index contributed by atoms with van der Waals surface area (Å²) >= 11 is 7.92. The number of carbonyl (C=O) groups is 2. The molecule has 2 fully saturated rings. The summed E-state index contributed by atoms with van der Waals surface area (Å²) in [6, 6.07) is 7.82. The van der Waals surface area contributed by atoms with Crippen LogP contribution in [0, 0.1) is 5.92 Å². The molecule has 1 heterocycles. The van der Waals surface area contributed by atoms with Gasteiger partial charge in [-0.2, -0.15) is 0 Å². The molecular weight excluding hydrogens is 344 g/mol. The van der Waals surface area contributed by atoms with Crippen LogP contribution in [0.3, 0.4) is 0 Å². The van der Waals surface area contributed by atoms with Gasteiger partial charge < -0.3 is 9.80 Å². The van der Waals surface area contributed by atoms with E-state index in [1.165, 1.54) is 0 Å². The molecule has 1 aliphatic carbocycles. The van der Waals surface area contributed by atoms with Gasteiger partial charge in [-0.1, -0.05) is 29.8 Å². The lowest BCUT2D eigenvalue weighted by molar-refractivity contribution is -0.136. The van der Waals surface area contributed by atoms with Crippen molar-refractivity contribution in [3.8, 4) is 0 Å². The molecule has 1 aromatic carbocycles. The number of halogens is 1. The summed E-state index contributed by atoms with van der Waals surface area (Å²) in [6.45, 7) is 5.21. The van der Waals surface area contributed by atoms with Crippen LogP contribution in [0.1, 0.15) is 37.6 Å². The van der Waals surface area contributed by atoms with E-state index in [0.29, 0.717) is 23.9 Å². The maximum absolute atomic E-state index is 12.4. The molecule has 6 heteroatoms. The zero-order chi connectivity index (χ0) is 17.3. The molecule has 0 spiro atoms. The van der Waals surface area contributed by atoms with Crippen LogP contribution in [0.2, 0.25) is 5.02 Å². The molecule has 0 N–H and O–H groups in total. The van der Waals surface area contributed by atoms with E-state index in [2.05, 4.69) is 0 Å². The molecule has 2 amide bonds. The predicted molar refractivity (Wildman–Crippen MR) is 97.9 cm³/mol. The summed E-state index contributed by atoms with van der Waals surface area (Å²) in [5.41, 5.74) is 0.972. The molecule has 3 rings (SSSR count). The second-order valence-electron chi connectivity index (χ2n) is 6.67. The minimum Gasteiger partial charge on any atom is -0.338 e. The summed E-state index contributed by atoms with van der Waals surface area (Å²) in [4.78, 5) is 28.5. The van der Waals surface area contributed by atoms with Gasteiger partial charge in [-0.3, -0.25) is 9.59 Å². The van der Waals surface area contributed by atoms with Crippen LogP contribution in [0.15, 0.2) is 24.3 Å². The molecule has 1 aliphatic heterocycles. The SMILES string of the molecule is CC(C)N(CCN1C(=O)CSC1c1ccccc1Cl)C(=O)C1CC1. The Labute approximate surface area is 152 Å². The van der Waals surface area contributed by atoms with Crippen molar-refractivity contribution in [2.24, 2.45) is 5.92 Å². The molecule has 1 saturated carbocycles. The van der Waals surface area contributed by atoms with Gasteiger partial charge in [0.15, 0.2) is 0 Å². The molecule has 2 aliphatic rings. The van der Waals surface area contributed by atoms with Crippen molar-refractivity contribution in [3.63, 3.8) is 0 Å². The minimum absolute atomic E-state index is 0.0590. The molecule has 130 valence electrons. The normalized spacial score (nSPS) is 20.8. The van der Waals surface area contributed by atoms with E-state index in [-0.39, 0.29) is 29.1 Å². The average Bonchev–Trinajstić information content (AvgIpc) is 3.33. The third kappa shape index (κ3) is 3.72. The van der Waals surface area contributed by atoms with Crippen LogP contribution in [0.4, 0.5) is 0 Å². The molecular formula is C18H23ClN2O2S. The molecule has 4 nitrogen and oxygen atoms in total. The Hall–Kier alpha value is -1.20. The number of hydrogen-bond donors (Lipinski definition) is 0. The Kier molecular flexibility index (Phi) is 5.40. The fourth-order valence-corrected chi connectivity index (χ4v) is 4.59. The van der Waals surface area contributed by atoms with E-state index in [9.17, 15) is 9.59 Å². The van der Waals surface area contributed by atoms with Crippen molar-refractivity contribution < 1.29 is 9.59 Å². The number of benzene rings is 1. The molecule has 1 atom stereocenters. The van der Waals surface area contributed by atoms with Gasteiger partial charge in [0.1, 0.15) is 5.37 Å². The van der Waals surface area contributed by atoms with Gasteiger partial charge in [0.05, 0.1) is 5.75 Å². The summed E-state index contributed by atoms with van der Waals surface area (Å²) in [6.07, 6.45) is 2.01. The highest BCUT2D eigenvalue weighted by Gasteiger charge is 2.37. The topological polar surface area (TPSA) is 40.6 Å². The van der Waals surface area contributed by atoms with Crippen molar-refractivity contribution in [3.05, 3.63) is 34.9 Å². The lowest BCUT2D eigenvalue weighted by Crippen LogP contribution is -2.44. The summed E-state index contributed by atoms with van der Waals surface area (Å²) < 4.78 is 0. The van der Waals surface area contributed by atoms with Crippen molar-refractivity contribution in [2.45, 2.75) is 38.1 Å². The summed E-state index contributed by atoms with van der Waals surface area (Å²) in [5, 5.41) is 0.626. The van der Waals surface area contributed by atoms with Gasteiger partial charge >= 0.3 is 0 Å². The molecule has 0 aromatic heterocycles. The Morgan fingerprint density at radius 3 is 2.71 bits per heavy atom. The Morgan fingerprint density at radius 1 is 1.38 bits per heavy atom. The van der Waals surface area contributed by atoms with Crippen molar-refractivity contribution >= 4 is 35.2 Å². The van der Waals surface area contributed by atoms with Crippen LogP contribution < -0.4 is 0 Å². The number of thioether (sulfide) groups is 1. The third-order valence-electron chi connectivity index (χ3n) is 4.55. The molecule has 1 unspecified atom stereocenters. The van der Waals surface area contributed by atoms with Crippen LogP contribution in [0.5, 0.6) is 0 Å². The quantitative estimate of drug-likeness (QED) is 0.772. The monoisotopic (exact) mass is 366 g/mol. The first-order valence-corrected chi connectivity index (χ1v) is 9.87.